The van der Waals surface area contributed by atoms with Crippen molar-refractivity contribution in [2.45, 2.75) is 47.0 Å². The molecule has 0 aliphatic rings. The number of amides is 1. The Labute approximate surface area is 181 Å². The molecule has 1 amide bonds. The number of nitrogens with zero attached hydrogens (tertiary/aromatic N) is 6. The summed E-state index contributed by atoms with van der Waals surface area (Å²) in [6, 6.07) is 10.4. The number of fused-ring (bicyclic) bond motifs is 1. The van der Waals surface area contributed by atoms with Crippen LogP contribution in [0.4, 0.5) is 0 Å². The van der Waals surface area contributed by atoms with Gasteiger partial charge < -0.3 is 5.32 Å². The van der Waals surface area contributed by atoms with E-state index < -0.39 is 0 Å². The molecule has 0 atom stereocenters. The number of aryl methyl sites for hydroxylation is 4. The second kappa shape index (κ2) is 8.67. The monoisotopic (exact) mass is 417 g/mol. The molecule has 0 spiro atoms. The molecule has 0 saturated heterocycles. The van der Waals surface area contributed by atoms with E-state index in [1.54, 1.807) is 4.52 Å². The Morgan fingerprint density at radius 2 is 1.84 bits per heavy atom. The zero-order valence-corrected chi connectivity index (χ0v) is 18.4. The molecule has 0 unspecified atom stereocenters. The van der Waals surface area contributed by atoms with E-state index in [1.807, 2.05) is 32.4 Å². The van der Waals surface area contributed by atoms with Crippen molar-refractivity contribution in [1.82, 2.24) is 34.7 Å². The predicted molar refractivity (Wildman–Crippen MR) is 118 cm³/mol. The van der Waals surface area contributed by atoms with E-state index in [9.17, 15) is 4.79 Å². The number of carbonyl (C=O) groups excluding carboxylic acids is 1. The van der Waals surface area contributed by atoms with Crippen LogP contribution >= 0.6 is 0 Å². The summed E-state index contributed by atoms with van der Waals surface area (Å²) in [5.74, 6) is 0.629. The smallest absolute Gasteiger partial charge is 0.252 e. The van der Waals surface area contributed by atoms with Crippen LogP contribution in [0.25, 0.3) is 11.5 Å². The van der Waals surface area contributed by atoms with Crippen LogP contribution in [-0.2, 0) is 17.6 Å². The molecule has 160 valence electrons. The lowest BCUT2D eigenvalue weighted by Crippen LogP contribution is -2.26. The maximum atomic E-state index is 12.3. The van der Waals surface area contributed by atoms with Crippen LogP contribution in [0.1, 0.15) is 40.3 Å². The van der Waals surface area contributed by atoms with Gasteiger partial charge in [0.2, 0.25) is 5.91 Å². The maximum Gasteiger partial charge on any atom is 0.252 e. The van der Waals surface area contributed by atoms with Crippen molar-refractivity contribution in [3.63, 3.8) is 0 Å². The van der Waals surface area contributed by atoms with Crippen molar-refractivity contribution in [2.24, 2.45) is 0 Å². The SMILES string of the molecule is Cc1cc(C)n(-c2ccc(CCNC(=O)CCc3c(C)nc4ncnn4c3C)cc2)n1. The lowest BCUT2D eigenvalue weighted by Gasteiger charge is -2.11. The summed E-state index contributed by atoms with van der Waals surface area (Å²) in [5.41, 5.74) is 7.27. The van der Waals surface area contributed by atoms with E-state index in [-0.39, 0.29) is 5.91 Å². The first-order valence-electron chi connectivity index (χ1n) is 10.5. The Balaban J connectivity index is 1.28. The average molecular weight is 418 g/mol. The van der Waals surface area contributed by atoms with Gasteiger partial charge in [-0.2, -0.15) is 15.2 Å². The minimum Gasteiger partial charge on any atom is -0.356 e. The third-order valence-corrected chi connectivity index (χ3v) is 5.52. The molecule has 3 aromatic heterocycles. The van der Waals surface area contributed by atoms with E-state index in [1.165, 1.54) is 11.9 Å². The fraction of sp³-hybridized carbons (Fsp3) is 0.348. The van der Waals surface area contributed by atoms with E-state index in [0.717, 1.165) is 40.4 Å². The topological polar surface area (TPSA) is 90.0 Å². The van der Waals surface area contributed by atoms with Gasteiger partial charge in [-0.05, 0) is 69.9 Å². The number of carbonyl (C=O) groups is 1. The van der Waals surface area contributed by atoms with Gasteiger partial charge in [0.25, 0.3) is 5.78 Å². The fourth-order valence-corrected chi connectivity index (χ4v) is 3.88. The van der Waals surface area contributed by atoms with Gasteiger partial charge in [0.1, 0.15) is 6.33 Å². The second-order valence-corrected chi connectivity index (χ2v) is 7.84. The molecule has 0 radical (unpaired) electrons. The molecule has 8 nitrogen and oxygen atoms in total. The molecule has 4 rings (SSSR count). The van der Waals surface area contributed by atoms with Crippen LogP contribution in [0.2, 0.25) is 0 Å². The van der Waals surface area contributed by atoms with Gasteiger partial charge in [-0.3, -0.25) is 4.79 Å². The summed E-state index contributed by atoms with van der Waals surface area (Å²) in [5, 5.41) is 11.7. The van der Waals surface area contributed by atoms with Crippen LogP contribution in [0.3, 0.4) is 0 Å². The molecule has 0 bridgehead atoms. The lowest BCUT2D eigenvalue weighted by molar-refractivity contribution is -0.121. The van der Waals surface area contributed by atoms with Gasteiger partial charge in [0.15, 0.2) is 0 Å². The van der Waals surface area contributed by atoms with Crippen molar-refractivity contribution in [3.8, 4) is 5.69 Å². The number of aromatic nitrogens is 6. The summed E-state index contributed by atoms with van der Waals surface area (Å²) in [7, 11) is 0. The van der Waals surface area contributed by atoms with Gasteiger partial charge in [-0.15, -0.1) is 0 Å². The van der Waals surface area contributed by atoms with E-state index in [0.29, 0.717) is 25.2 Å². The highest BCUT2D eigenvalue weighted by Crippen LogP contribution is 2.15. The quantitative estimate of drug-likeness (QED) is 0.499. The highest BCUT2D eigenvalue weighted by Gasteiger charge is 2.12. The Hall–Kier alpha value is -3.55. The van der Waals surface area contributed by atoms with Crippen LogP contribution in [0.15, 0.2) is 36.7 Å². The van der Waals surface area contributed by atoms with Crippen molar-refractivity contribution in [1.29, 1.82) is 0 Å². The first-order chi connectivity index (χ1) is 14.9. The predicted octanol–water partition coefficient (Wildman–Crippen LogP) is 2.84. The van der Waals surface area contributed by atoms with Crippen molar-refractivity contribution in [3.05, 3.63) is 70.6 Å². The second-order valence-electron chi connectivity index (χ2n) is 7.84. The number of rotatable bonds is 7. The van der Waals surface area contributed by atoms with Crippen LogP contribution in [0.5, 0.6) is 0 Å². The Bertz CT molecular complexity index is 1220. The summed E-state index contributed by atoms with van der Waals surface area (Å²) < 4.78 is 3.66. The molecular formula is C23H27N7O. The molecule has 4 aromatic rings. The zero-order chi connectivity index (χ0) is 22.0. The largest absolute Gasteiger partial charge is 0.356 e. The molecule has 1 aromatic carbocycles. The molecular weight excluding hydrogens is 390 g/mol. The summed E-state index contributed by atoms with van der Waals surface area (Å²) in [6.45, 7) is 8.58. The summed E-state index contributed by atoms with van der Waals surface area (Å²) in [6.07, 6.45) is 3.33. The Kier molecular flexibility index (Phi) is 5.79. The Morgan fingerprint density at radius 3 is 2.55 bits per heavy atom. The fourth-order valence-electron chi connectivity index (χ4n) is 3.88. The standard InChI is InChI=1S/C23H27N7O/c1-15-13-16(2)29(28-15)20-7-5-19(6-8-20)11-12-24-22(31)10-9-21-17(3)27-23-25-14-26-30(23)18(21)4/h5-8,13-14H,9-12H2,1-4H3,(H,24,31). The summed E-state index contributed by atoms with van der Waals surface area (Å²) >= 11 is 0. The minimum absolute atomic E-state index is 0.0387. The minimum atomic E-state index is 0.0387. The highest BCUT2D eigenvalue weighted by atomic mass is 16.1. The van der Waals surface area contributed by atoms with Crippen LogP contribution in [-0.4, -0.2) is 41.8 Å². The molecule has 0 aliphatic carbocycles. The van der Waals surface area contributed by atoms with Gasteiger partial charge in [-0.1, -0.05) is 12.1 Å². The zero-order valence-electron chi connectivity index (χ0n) is 18.4. The highest BCUT2D eigenvalue weighted by molar-refractivity contribution is 5.76. The molecule has 0 aliphatic heterocycles. The summed E-state index contributed by atoms with van der Waals surface area (Å²) in [4.78, 5) is 20.9. The van der Waals surface area contributed by atoms with Gasteiger partial charge in [0.05, 0.1) is 11.4 Å². The Morgan fingerprint density at radius 1 is 1.06 bits per heavy atom. The normalized spacial score (nSPS) is 11.2. The van der Waals surface area contributed by atoms with Crippen molar-refractivity contribution >= 4 is 11.7 Å². The van der Waals surface area contributed by atoms with Crippen molar-refractivity contribution in [2.75, 3.05) is 6.54 Å². The van der Waals surface area contributed by atoms with Crippen LogP contribution < -0.4 is 5.32 Å². The molecule has 3 heterocycles. The molecule has 0 fully saturated rings. The van der Waals surface area contributed by atoms with Crippen LogP contribution in [0, 0.1) is 27.7 Å². The van der Waals surface area contributed by atoms with Gasteiger partial charge in [0, 0.05) is 30.0 Å². The number of nitrogens with one attached hydrogen (secondary N) is 1. The van der Waals surface area contributed by atoms with Gasteiger partial charge >= 0.3 is 0 Å². The number of benzene rings is 1. The molecule has 31 heavy (non-hydrogen) atoms. The molecule has 1 N–H and O–H groups in total. The van der Waals surface area contributed by atoms with E-state index in [4.69, 9.17) is 0 Å². The van der Waals surface area contributed by atoms with E-state index >= 15 is 0 Å². The van der Waals surface area contributed by atoms with Crippen molar-refractivity contribution < 1.29 is 4.79 Å². The maximum absolute atomic E-state index is 12.3. The third-order valence-electron chi connectivity index (χ3n) is 5.52. The lowest BCUT2D eigenvalue weighted by atomic mass is 10.1. The third kappa shape index (κ3) is 4.47. The molecule has 8 heteroatoms. The van der Waals surface area contributed by atoms with Gasteiger partial charge in [-0.25, -0.2) is 14.2 Å². The number of hydrogen-bond donors (Lipinski definition) is 1. The number of hydrogen-bond acceptors (Lipinski definition) is 5. The average Bonchev–Trinajstić information content (AvgIpc) is 3.34. The molecule has 0 saturated carbocycles. The first-order valence-corrected chi connectivity index (χ1v) is 10.5. The van der Waals surface area contributed by atoms with E-state index in [2.05, 4.69) is 55.8 Å². The first kappa shape index (κ1) is 20.7.